The predicted molar refractivity (Wildman–Crippen MR) is 99.2 cm³/mol. The van der Waals surface area contributed by atoms with E-state index in [1.165, 1.54) is 36.4 Å². The lowest BCUT2D eigenvalue weighted by molar-refractivity contribution is -0.272. The van der Waals surface area contributed by atoms with Gasteiger partial charge in [0.25, 0.3) is 0 Å². The molecule has 0 spiro atoms. The summed E-state index contributed by atoms with van der Waals surface area (Å²) in [5, 5.41) is 0. The molecule has 164 valence electrons. The molecule has 0 aromatic heterocycles. The molecule has 0 N–H and O–H groups in total. The molecule has 0 amide bonds. The average molecular weight is 443 g/mol. The fourth-order valence-electron chi connectivity index (χ4n) is 3.49. The molecule has 2 aliphatic heterocycles. The molecule has 10 heteroatoms. The number of ether oxygens (including phenoxy) is 3. The van der Waals surface area contributed by atoms with Crippen LogP contribution in [0, 0.1) is 0 Å². The van der Waals surface area contributed by atoms with Gasteiger partial charge in [0.1, 0.15) is 0 Å². The molecule has 4 rings (SSSR count). The van der Waals surface area contributed by atoms with Gasteiger partial charge in [0.05, 0.1) is 17.8 Å². The smallest absolute Gasteiger partial charge is 0.423 e. The van der Waals surface area contributed by atoms with E-state index in [0.29, 0.717) is 5.56 Å². The van der Waals surface area contributed by atoms with Gasteiger partial charge in [-0.1, -0.05) is 18.2 Å². The predicted octanol–water partition coefficient (Wildman–Crippen LogP) is 5.35. The first kappa shape index (κ1) is 21.2. The van der Waals surface area contributed by atoms with Crippen molar-refractivity contribution in [2.75, 3.05) is 20.4 Å². The number of rotatable bonds is 3. The highest BCUT2D eigenvalue weighted by Gasteiger charge is 2.59. The molecule has 0 saturated carbocycles. The highest BCUT2D eigenvalue weighted by atomic mass is 19.4. The van der Waals surface area contributed by atoms with Gasteiger partial charge in [0.15, 0.2) is 11.5 Å². The summed E-state index contributed by atoms with van der Waals surface area (Å²) < 4.78 is 95.4. The zero-order chi connectivity index (χ0) is 22.4. The summed E-state index contributed by atoms with van der Waals surface area (Å²) in [4.78, 5) is 4.07. The van der Waals surface area contributed by atoms with Crippen LogP contribution in [0.2, 0.25) is 0 Å². The monoisotopic (exact) mass is 443 g/mol. The Bertz CT molecular complexity index is 1060. The van der Waals surface area contributed by atoms with Crippen molar-refractivity contribution in [2.45, 2.75) is 18.0 Å². The van der Waals surface area contributed by atoms with Crippen LogP contribution >= 0.6 is 0 Å². The first-order valence-electron chi connectivity index (χ1n) is 9.01. The Balaban J connectivity index is 1.74. The van der Waals surface area contributed by atoms with Gasteiger partial charge in [-0.3, -0.25) is 4.99 Å². The van der Waals surface area contributed by atoms with E-state index < -0.39 is 30.1 Å². The molecular weight excluding hydrogens is 428 g/mol. The van der Waals surface area contributed by atoms with E-state index in [4.69, 9.17) is 14.2 Å². The van der Waals surface area contributed by atoms with Gasteiger partial charge in [0.2, 0.25) is 12.4 Å². The summed E-state index contributed by atoms with van der Waals surface area (Å²) in [5.41, 5.74) is -2.85. The largest absolute Gasteiger partial charge is 0.454 e. The molecule has 0 aliphatic carbocycles. The van der Waals surface area contributed by atoms with Gasteiger partial charge >= 0.3 is 12.4 Å². The standard InChI is InChI=1S/C21H15F6NO3/c1-29-19(21(25,26)27)10-28-16(14-8-17-18(9-15(14)19)31-11-30-17)7-4-12-2-5-13(6-3-12)20(22,23)24/h2-9H,10-11H2,1H3. The van der Waals surface area contributed by atoms with Crippen LogP contribution in [-0.2, 0) is 16.5 Å². The minimum absolute atomic E-state index is 0.127. The molecule has 0 radical (unpaired) electrons. The third kappa shape index (κ3) is 3.65. The third-order valence-electron chi connectivity index (χ3n) is 5.17. The molecule has 2 aliphatic rings. The van der Waals surface area contributed by atoms with E-state index in [-0.39, 0.29) is 35.1 Å². The number of hydrogen-bond donors (Lipinski definition) is 0. The Labute approximate surface area is 172 Å². The Morgan fingerprint density at radius 2 is 1.61 bits per heavy atom. The Kier molecular flexibility index (Phi) is 5.00. The van der Waals surface area contributed by atoms with Gasteiger partial charge in [-0.15, -0.1) is 0 Å². The molecule has 4 nitrogen and oxygen atoms in total. The maximum atomic E-state index is 14.0. The zero-order valence-electron chi connectivity index (χ0n) is 16.0. The summed E-state index contributed by atoms with van der Waals surface area (Å²) in [7, 11) is 0.959. The molecule has 2 aromatic rings. The van der Waals surface area contributed by atoms with Crippen LogP contribution in [-0.4, -0.2) is 32.3 Å². The lowest BCUT2D eigenvalue weighted by Gasteiger charge is -2.37. The van der Waals surface area contributed by atoms with Gasteiger partial charge in [-0.2, -0.15) is 26.3 Å². The molecule has 0 fully saturated rings. The quantitative estimate of drug-likeness (QED) is 0.601. The summed E-state index contributed by atoms with van der Waals surface area (Å²) in [5.74, 6) is 0.431. The molecule has 1 unspecified atom stereocenters. The summed E-state index contributed by atoms with van der Waals surface area (Å²) in [6.45, 7) is -0.843. The van der Waals surface area contributed by atoms with Crippen molar-refractivity contribution in [1.29, 1.82) is 0 Å². The molecular formula is C21H15F6NO3. The first-order chi connectivity index (χ1) is 14.5. The zero-order valence-corrected chi connectivity index (χ0v) is 16.0. The van der Waals surface area contributed by atoms with E-state index in [2.05, 4.69) is 4.99 Å². The van der Waals surface area contributed by atoms with Crippen LogP contribution in [0.5, 0.6) is 11.5 Å². The fourth-order valence-corrected chi connectivity index (χ4v) is 3.49. The number of allylic oxidation sites excluding steroid dienone is 1. The second kappa shape index (κ2) is 7.30. The van der Waals surface area contributed by atoms with Crippen molar-refractivity contribution < 1.29 is 40.6 Å². The number of fused-ring (bicyclic) bond motifs is 2. The van der Waals surface area contributed by atoms with Gasteiger partial charge in [-0.05, 0) is 35.9 Å². The van der Waals surface area contributed by atoms with Crippen LogP contribution < -0.4 is 9.47 Å². The van der Waals surface area contributed by atoms with Crippen molar-refractivity contribution in [3.05, 3.63) is 64.7 Å². The van der Waals surface area contributed by atoms with Crippen molar-refractivity contribution in [3.63, 3.8) is 0 Å². The van der Waals surface area contributed by atoms with E-state index in [1.807, 2.05) is 0 Å². The Morgan fingerprint density at radius 3 is 2.19 bits per heavy atom. The second-order valence-corrected chi connectivity index (χ2v) is 6.93. The molecule has 0 saturated heterocycles. The van der Waals surface area contributed by atoms with Crippen molar-refractivity contribution in [2.24, 2.45) is 4.99 Å². The number of methoxy groups -OCH3 is 1. The van der Waals surface area contributed by atoms with Gasteiger partial charge in [0, 0.05) is 18.2 Å². The van der Waals surface area contributed by atoms with Crippen molar-refractivity contribution in [1.82, 2.24) is 0 Å². The highest BCUT2D eigenvalue weighted by molar-refractivity contribution is 6.13. The van der Waals surface area contributed by atoms with E-state index >= 15 is 0 Å². The molecule has 2 aromatic carbocycles. The van der Waals surface area contributed by atoms with Crippen LogP contribution in [0.4, 0.5) is 26.3 Å². The third-order valence-corrected chi connectivity index (χ3v) is 5.17. The van der Waals surface area contributed by atoms with Crippen LogP contribution in [0.15, 0.2) is 47.5 Å². The summed E-state index contributed by atoms with van der Waals surface area (Å²) >= 11 is 0. The molecule has 1 atom stereocenters. The molecule has 0 bridgehead atoms. The van der Waals surface area contributed by atoms with Crippen LogP contribution in [0.25, 0.3) is 6.08 Å². The lowest BCUT2D eigenvalue weighted by atomic mass is 9.83. The van der Waals surface area contributed by atoms with Crippen molar-refractivity contribution >= 4 is 11.8 Å². The molecule has 2 heterocycles. The number of nitrogens with zero attached hydrogens (tertiary/aromatic N) is 1. The van der Waals surface area contributed by atoms with E-state index in [9.17, 15) is 26.3 Å². The normalized spacial score (nSPS) is 20.7. The number of hydrogen-bond acceptors (Lipinski definition) is 4. The average Bonchev–Trinajstić information content (AvgIpc) is 3.17. The summed E-state index contributed by atoms with van der Waals surface area (Å²) in [6.07, 6.45) is -6.30. The number of alkyl halides is 6. The molecule has 31 heavy (non-hydrogen) atoms. The minimum atomic E-state index is -4.75. The Morgan fingerprint density at radius 1 is 0.968 bits per heavy atom. The van der Waals surface area contributed by atoms with E-state index in [0.717, 1.165) is 19.2 Å². The Hall–Kier alpha value is -3.01. The topological polar surface area (TPSA) is 40.0 Å². The van der Waals surface area contributed by atoms with Crippen molar-refractivity contribution in [3.8, 4) is 11.5 Å². The van der Waals surface area contributed by atoms with Gasteiger partial charge in [-0.25, -0.2) is 0 Å². The van der Waals surface area contributed by atoms with Gasteiger partial charge < -0.3 is 14.2 Å². The first-order valence-corrected chi connectivity index (χ1v) is 9.01. The minimum Gasteiger partial charge on any atom is -0.454 e. The second-order valence-electron chi connectivity index (χ2n) is 6.93. The number of aliphatic imine (C=N–C) groups is 1. The van der Waals surface area contributed by atoms with E-state index in [1.54, 1.807) is 0 Å². The highest BCUT2D eigenvalue weighted by Crippen LogP contribution is 2.49. The van der Waals surface area contributed by atoms with Crippen LogP contribution in [0.3, 0.4) is 0 Å². The van der Waals surface area contributed by atoms with Crippen LogP contribution in [0.1, 0.15) is 22.3 Å². The number of benzene rings is 2. The lowest BCUT2D eigenvalue weighted by Crippen LogP contribution is -2.49. The maximum absolute atomic E-state index is 14.0. The number of halogens is 6. The SMILES string of the molecule is COC1(C(F)(F)F)CN=C(C=Cc2ccc(C(F)(F)F)cc2)c2cc3c(cc21)OCO3. The maximum Gasteiger partial charge on any atom is 0.423 e. The fraction of sp³-hybridized carbons (Fsp3) is 0.286. The summed E-state index contributed by atoms with van der Waals surface area (Å²) in [6, 6.07) is 7.00.